The Morgan fingerprint density at radius 2 is 1.56 bits per heavy atom. The van der Waals surface area contributed by atoms with Crippen molar-refractivity contribution in [1.82, 2.24) is 10.2 Å². The van der Waals surface area contributed by atoms with Gasteiger partial charge in [0, 0.05) is 12.2 Å². The lowest BCUT2D eigenvalue weighted by Gasteiger charge is -2.35. The molecule has 7 nitrogen and oxygen atoms in total. The summed E-state index contributed by atoms with van der Waals surface area (Å²) in [6.07, 6.45) is 2.36. The summed E-state index contributed by atoms with van der Waals surface area (Å²) in [4.78, 5) is 42.7. The van der Waals surface area contributed by atoms with Crippen LogP contribution in [0.1, 0.15) is 74.4 Å². The number of anilines is 1. The Morgan fingerprint density at radius 3 is 2.13 bits per heavy atom. The summed E-state index contributed by atoms with van der Waals surface area (Å²) in [5, 5.41) is 5.91. The summed E-state index contributed by atoms with van der Waals surface area (Å²) in [5.74, 6) is 0.0673. The maximum absolute atomic E-state index is 14.2. The van der Waals surface area contributed by atoms with Crippen LogP contribution >= 0.6 is 11.8 Å². The zero-order valence-corrected chi connectivity index (χ0v) is 25.8. The monoisotopic (exact) mass is 555 g/mol. The molecular weight excluding hydrogens is 510 g/mol. The lowest BCUT2D eigenvalue weighted by molar-refractivity contribution is -0.140. The number of thioether (sulfide) groups is 1. The second kappa shape index (κ2) is 14.4. The van der Waals surface area contributed by atoms with Gasteiger partial charge in [0.15, 0.2) is 0 Å². The van der Waals surface area contributed by atoms with Gasteiger partial charge in [0.05, 0.1) is 0 Å². The number of benzene rings is 2. The third-order valence-corrected chi connectivity index (χ3v) is 7.22. The zero-order chi connectivity index (χ0) is 29.3. The molecule has 0 bridgehead atoms. The molecule has 0 aromatic heterocycles. The van der Waals surface area contributed by atoms with Crippen LogP contribution in [0.3, 0.4) is 0 Å². The van der Waals surface area contributed by atoms with Crippen molar-refractivity contribution in [1.29, 1.82) is 0 Å². The Morgan fingerprint density at radius 1 is 0.974 bits per heavy atom. The first-order chi connectivity index (χ1) is 18.3. The van der Waals surface area contributed by atoms with Crippen LogP contribution in [-0.2, 0) is 14.3 Å². The number of hydrogen-bond acceptors (Lipinski definition) is 5. The van der Waals surface area contributed by atoms with Gasteiger partial charge in [-0.2, -0.15) is 11.8 Å². The largest absolute Gasteiger partial charge is 0.444 e. The summed E-state index contributed by atoms with van der Waals surface area (Å²) in [7, 11) is 0. The fraction of sp³-hybridized carbons (Fsp3) is 0.516. The first-order valence-corrected chi connectivity index (χ1v) is 14.9. The van der Waals surface area contributed by atoms with Crippen molar-refractivity contribution in [2.75, 3.05) is 23.9 Å². The van der Waals surface area contributed by atoms with Gasteiger partial charge in [-0.1, -0.05) is 43.3 Å². The van der Waals surface area contributed by atoms with Gasteiger partial charge in [-0.15, -0.1) is 0 Å². The highest BCUT2D eigenvalue weighted by molar-refractivity contribution is 7.98. The third-order valence-electron chi connectivity index (χ3n) is 6.58. The predicted octanol–water partition coefficient (Wildman–Crippen LogP) is 6.49. The van der Waals surface area contributed by atoms with E-state index in [0.29, 0.717) is 25.1 Å². The minimum Gasteiger partial charge on any atom is -0.444 e. The fourth-order valence-corrected chi connectivity index (χ4v) is 4.95. The Labute approximate surface area is 238 Å². The van der Waals surface area contributed by atoms with E-state index in [1.807, 2.05) is 77.3 Å². The van der Waals surface area contributed by atoms with Crippen molar-refractivity contribution in [3.8, 4) is 0 Å². The first kappa shape index (κ1) is 32.2. The number of nitrogens with one attached hydrogen (secondary N) is 2. The topological polar surface area (TPSA) is 87.7 Å². The quantitative estimate of drug-likeness (QED) is 0.331. The molecule has 2 unspecified atom stereocenters. The molecule has 2 rings (SSSR count). The molecule has 2 atom stereocenters. The minimum absolute atomic E-state index is 0.288. The highest BCUT2D eigenvalue weighted by Gasteiger charge is 2.37. The van der Waals surface area contributed by atoms with Crippen molar-refractivity contribution in [3.63, 3.8) is 0 Å². The van der Waals surface area contributed by atoms with E-state index in [1.165, 1.54) is 0 Å². The molecule has 0 aliphatic heterocycles. The molecule has 0 heterocycles. The second-order valence-corrected chi connectivity index (χ2v) is 11.9. The van der Waals surface area contributed by atoms with Crippen LogP contribution in [-0.4, -0.2) is 53.0 Å². The molecule has 0 radical (unpaired) electrons. The van der Waals surface area contributed by atoms with Crippen LogP contribution in [0, 0.1) is 27.7 Å². The summed E-state index contributed by atoms with van der Waals surface area (Å²) >= 11 is 1.59. The van der Waals surface area contributed by atoms with E-state index in [4.69, 9.17) is 4.74 Å². The summed E-state index contributed by atoms with van der Waals surface area (Å²) in [6.45, 7) is 15.5. The van der Waals surface area contributed by atoms with Crippen LogP contribution in [0.15, 0.2) is 36.4 Å². The van der Waals surface area contributed by atoms with Gasteiger partial charge in [-0.3, -0.25) is 9.59 Å². The third kappa shape index (κ3) is 9.02. The fourth-order valence-electron chi connectivity index (χ4n) is 4.47. The SMILES string of the molecule is CCCN(C(=O)C(CCSC)NC(=O)OC(C)(C)C)C(C(=O)Nc1c(C)cccc1C)c1cccc(C)c1C. The standard InChI is InChI=1S/C31H45N3O4S/c1-10-18-34(29(36)25(17-19-39-9)32-30(37)38-31(6,7)8)27(24-16-12-13-20(2)23(24)5)28(35)33-26-21(3)14-11-15-22(26)4/h11-16,25,27H,10,17-19H2,1-9H3,(H,32,37)(H,33,35). The van der Waals surface area contributed by atoms with E-state index < -0.39 is 23.8 Å². The molecule has 0 aliphatic rings. The van der Waals surface area contributed by atoms with E-state index in [1.54, 1.807) is 37.4 Å². The Kier molecular flexibility index (Phi) is 11.9. The van der Waals surface area contributed by atoms with Gasteiger partial charge in [0.25, 0.3) is 5.91 Å². The van der Waals surface area contributed by atoms with Crippen LogP contribution in [0.5, 0.6) is 0 Å². The molecule has 3 amide bonds. The summed E-state index contributed by atoms with van der Waals surface area (Å²) in [5.41, 5.74) is 4.68. The highest BCUT2D eigenvalue weighted by atomic mass is 32.2. The normalized spacial score (nSPS) is 12.8. The zero-order valence-electron chi connectivity index (χ0n) is 24.9. The van der Waals surface area contributed by atoms with Gasteiger partial charge in [-0.05, 0) is 101 Å². The molecular formula is C31H45N3O4S. The molecule has 0 fully saturated rings. The molecule has 214 valence electrons. The van der Waals surface area contributed by atoms with E-state index in [-0.39, 0.29) is 11.8 Å². The number of alkyl carbamates (subject to hydrolysis) is 1. The summed E-state index contributed by atoms with van der Waals surface area (Å²) < 4.78 is 5.46. The second-order valence-electron chi connectivity index (χ2n) is 11.0. The van der Waals surface area contributed by atoms with Crippen molar-refractivity contribution in [2.24, 2.45) is 0 Å². The molecule has 2 aromatic carbocycles. The lowest BCUT2D eigenvalue weighted by atomic mass is 9.94. The molecule has 39 heavy (non-hydrogen) atoms. The number of carbonyl (C=O) groups is 3. The number of rotatable bonds is 11. The maximum Gasteiger partial charge on any atom is 0.408 e. The van der Waals surface area contributed by atoms with Gasteiger partial charge >= 0.3 is 6.09 Å². The highest BCUT2D eigenvalue weighted by Crippen LogP contribution is 2.30. The smallest absolute Gasteiger partial charge is 0.408 e. The van der Waals surface area contributed by atoms with Crippen LogP contribution < -0.4 is 10.6 Å². The van der Waals surface area contributed by atoms with Crippen LogP contribution in [0.2, 0.25) is 0 Å². The average molecular weight is 556 g/mol. The molecule has 0 saturated carbocycles. The average Bonchev–Trinajstić information content (AvgIpc) is 2.84. The molecule has 0 aliphatic carbocycles. The van der Waals surface area contributed by atoms with Crippen LogP contribution in [0.4, 0.5) is 10.5 Å². The van der Waals surface area contributed by atoms with Crippen molar-refractivity contribution in [3.05, 3.63) is 64.2 Å². The number of para-hydroxylation sites is 1. The molecule has 2 aromatic rings. The molecule has 0 spiro atoms. The Balaban J connectivity index is 2.58. The van der Waals surface area contributed by atoms with Crippen molar-refractivity contribution in [2.45, 2.75) is 85.9 Å². The van der Waals surface area contributed by atoms with E-state index >= 15 is 0 Å². The number of carbonyl (C=O) groups excluding carboxylic acids is 3. The van der Waals surface area contributed by atoms with E-state index in [0.717, 1.165) is 33.5 Å². The van der Waals surface area contributed by atoms with Gasteiger partial charge in [0.2, 0.25) is 5.91 Å². The van der Waals surface area contributed by atoms with E-state index in [2.05, 4.69) is 10.6 Å². The van der Waals surface area contributed by atoms with Crippen molar-refractivity contribution < 1.29 is 19.1 Å². The predicted molar refractivity (Wildman–Crippen MR) is 161 cm³/mol. The number of amides is 3. The Hall–Kier alpha value is -3.00. The first-order valence-electron chi connectivity index (χ1n) is 13.5. The van der Waals surface area contributed by atoms with Crippen molar-refractivity contribution >= 4 is 35.4 Å². The molecule has 0 saturated heterocycles. The number of hydrogen-bond donors (Lipinski definition) is 2. The van der Waals surface area contributed by atoms with Gasteiger partial charge in [-0.25, -0.2) is 4.79 Å². The maximum atomic E-state index is 14.2. The van der Waals surface area contributed by atoms with E-state index in [9.17, 15) is 14.4 Å². The summed E-state index contributed by atoms with van der Waals surface area (Å²) in [6, 6.07) is 9.96. The minimum atomic E-state index is -0.881. The van der Waals surface area contributed by atoms with Gasteiger partial charge in [0.1, 0.15) is 17.7 Å². The van der Waals surface area contributed by atoms with Crippen LogP contribution in [0.25, 0.3) is 0 Å². The molecule has 2 N–H and O–H groups in total. The Bertz CT molecular complexity index is 1140. The number of ether oxygens (including phenoxy) is 1. The number of aryl methyl sites for hydroxylation is 3. The molecule has 8 heteroatoms. The number of nitrogens with zero attached hydrogens (tertiary/aromatic N) is 1. The lowest BCUT2D eigenvalue weighted by Crippen LogP contribution is -2.53. The van der Waals surface area contributed by atoms with Gasteiger partial charge < -0.3 is 20.3 Å².